The molecule has 0 unspecified atom stereocenters. The van der Waals surface area contributed by atoms with Crippen molar-refractivity contribution in [2.75, 3.05) is 27.3 Å². The molecule has 0 aliphatic heterocycles. The smallest absolute Gasteiger partial charge is 0.193 e. The molecule has 0 spiro atoms. The summed E-state index contributed by atoms with van der Waals surface area (Å²) in [5.41, 5.74) is 2.46. The van der Waals surface area contributed by atoms with Crippen molar-refractivity contribution in [3.8, 4) is 22.8 Å². The van der Waals surface area contributed by atoms with Crippen LogP contribution in [0.4, 0.5) is 0 Å². The molecule has 0 atom stereocenters. The molecule has 1 aromatic heterocycles. The van der Waals surface area contributed by atoms with Gasteiger partial charge in [-0.25, -0.2) is 0 Å². The molecule has 0 aliphatic carbocycles. The van der Waals surface area contributed by atoms with Crippen LogP contribution in [0.3, 0.4) is 0 Å². The summed E-state index contributed by atoms with van der Waals surface area (Å²) >= 11 is 0. The van der Waals surface area contributed by atoms with Crippen LogP contribution in [0.25, 0.3) is 22.3 Å². The Hall–Kier alpha value is -2.79. The highest BCUT2D eigenvalue weighted by Crippen LogP contribution is 2.32. The number of hydrogen-bond acceptors (Lipinski definition) is 5. The number of nitrogens with zero attached hydrogens (tertiary/aromatic N) is 1. The van der Waals surface area contributed by atoms with Gasteiger partial charge >= 0.3 is 0 Å². The first-order valence-corrected chi connectivity index (χ1v) is 9.11. The molecule has 0 radical (unpaired) electrons. The molecule has 0 saturated carbocycles. The zero-order valence-corrected chi connectivity index (χ0v) is 16.2. The van der Waals surface area contributed by atoms with Crippen molar-refractivity contribution in [2.45, 2.75) is 20.4 Å². The van der Waals surface area contributed by atoms with Crippen molar-refractivity contribution in [3.63, 3.8) is 0 Å². The molecule has 3 aromatic rings. The maximum Gasteiger partial charge on any atom is 0.193 e. The van der Waals surface area contributed by atoms with E-state index in [2.05, 4.69) is 30.9 Å². The summed E-state index contributed by atoms with van der Waals surface area (Å²) < 4.78 is 16.6. The number of rotatable bonds is 7. The minimum Gasteiger partial charge on any atom is -0.493 e. The van der Waals surface area contributed by atoms with Crippen LogP contribution >= 0.6 is 0 Å². The Balaban J connectivity index is 1.98. The third-order valence-corrected chi connectivity index (χ3v) is 4.77. The van der Waals surface area contributed by atoms with Gasteiger partial charge in [-0.15, -0.1) is 0 Å². The molecule has 0 amide bonds. The highest BCUT2D eigenvalue weighted by molar-refractivity contribution is 5.82. The van der Waals surface area contributed by atoms with Crippen LogP contribution in [0.2, 0.25) is 0 Å². The Morgan fingerprint density at radius 2 is 1.56 bits per heavy atom. The molecule has 0 bridgehead atoms. The van der Waals surface area contributed by atoms with E-state index < -0.39 is 0 Å². The summed E-state index contributed by atoms with van der Waals surface area (Å²) in [7, 11) is 3.10. The van der Waals surface area contributed by atoms with Gasteiger partial charge in [0.2, 0.25) is 0 Å². The van der Waals surface area contributed by atoms with E-state index >= 15 is 0 Å². The third-order valence-electron chi connectivity index (χ3n) is 4.77. The Morgan fingerprint density at radius 3 is 2.15 bits per heavy atom. The third kappa shape index (κ3) is 3.98. The molecular weight excluding hydrogens is 342 g/mol. The fraction of sp³-hybridized carbons (Fsp3) is 0.318. The van der Waals surface area contributed by atoms with Gasteiger partial charge in [0.1, 0.15) is 11.3 Å². The summed E-state index contributed by atoms with van der Waals surface area (Å²) in [4.78, 5) is 14.9. The fourth-order valence-corrected chi connectivity index (χ4v) is 3.10. The normalized spacial score (nSPS) is 11.1. The van der Waals surface area contributed by atoms with Gasteiger partial charge in [-0.1, -0.05) is 38.1 Å². The molecule has 27 heavy (non-hydrogen) atoms. The standard InChI is InChI=1S/C22H25NO4/c1-5-23(6-2)14-15-7-9-16(10-8-15)19-12-18(24)17-11-21(25-3)22(26-4)13-20(17)27-19/h7-13H,5-6,14H2,1-4H3. The largest absolute Gasteiger partial charge is 0.493 e. The van der Waals surface area contributed by atoms with Crippen molar-refractivity contribution < 1.29 is 13.9 Å². The first kappa shape index (κ1) is 19.0. The lowest BCUT2D eigenvalue weighted by Gasteiger charge is -2.18. The van der Waals surface area contributed by atoms with Crippen molar-refractivity contribution >= 4 is 11.0 Å². The molecule has 5 nitrogen and oxygen atoms in total. The maximum atomic E-state index is 12.6. The number of methoxy groups -OCH3 is 2. The topological polar surface area (TPSA) is 51.9 Å². The van der Waals surface area contributed by atoms with Crippen molar-refractivity contribution in [3.05, 3.63) is 58.3 Å². The molecule has 5 heteroatoms. The highest BCUT2D eigenvalue weighted by Gasteiger charge is 2.12. The van der Waals surface area contributed by atoms with E-state index in [-0.39, 0.29) is 5.43 Å². The van der Waals surface area contributed by atoms with Crippen molar-refractivity contribution in [2.24, 2.45) is 0 Å². The number of hydrogen-bond donors (Lipinski definition) is 0. The molecule has 0 saturated heterocycles. The van der Waals surface area contributed by atoms with Gasteiger partial charge in [0, 0.05) is 24.2 Å². The van der Waals surface area contributed by atoms with Crippen LogP contribution in [-0.4, -0.2) is 32.2 Å². The Kier molecular flexibility index (Phi) is 5.81. The molecule has 0 fully saturated rings. The second kappa shape index (κ2) is 8.27. The average molecular weight is 367 g/mol. The Bertz CT molecular complexity index is 972. The molecule has 0 aliphatic rings. The Labute approximate surface area is 159 Å². The van der Waals surface area contributed by atoms with Crippen LogP contribution in [0.15, 0.2) is 51.7 Å². The SMILES string of the molecule is CCN(CC)Cc1ccc(-c2cc(=O)c3cc(OC)c(OC)cc3o2)cc1. The van der Waals surface area contributed by atoms with E-state index in [1.165, 1.54) is 11.6 Å². The van der Waals surface area contributed by atoms with Crippen molar-refractivity contribution in [1.82, 2.24) is 4.90 Å². The van der Waals surface area contributed by atoms with E-state index in [1.54, 1.807) is 26.4 Å². The fourth-order valence-electron chi connectivity index (χ4n) is 3.10. The lowest BCUT2D eigenvalue weighted by atomic mass is 10.1. The van der Waals surface area contributed by atoms with E-state index in [0.29, 0.717) is 28.2 Å². The minimum atomic E-state index is -0.112. The number of ether oxygens (including phenoxy) is 2. The molecule has 3 rings (SSSR count). The van der Waals surface area contributed by atoms with E-state index in [1.807, 2.05) is 12.1 Å². The zero-order valence-electron chi connectivity index (χ0n) is 16.2. The van der Waals surface area contributed by atoms with Gasteiger partial charge < -0.3 is 13.9 Å². The molecule has 0 N–H and O–H groups in total. The first-order valence-electron chi connectivity index (χ1n) is 9.11. The van der Waals surface area contributed by atoms with Crippen LogP contribution < -0.4 is 14.9 Å². The summed E-state index contributed by atoms with van der Waals surface area (Å²) in [6, 6.07) is 13.0. The molecular formula is C22H25NO4. The quantitative estimate of drug-likeness (QED) is 0.622. The van der Waals surface area contributed by atoms with Crippen LogP contribution in [0, 0.1) is 0 Å². The second-order valence-corrected chi connectivity index (χ2v) is 6.34. The zero-order chi connectivity index (χ0) is 19.4. The van der Waals surface area contributed by atoms with Crippen LogP contribution in [-0.2, 0) is 6.54 Å². The van der Waals surface area contributed by atoms with E-state index in [0.717, 1.165) is 25.2 Å². The van der Waals surface area contributed by atoms with Crippen molar-refractivity contribution in [1.29, 1.82) is 0 Å². The summed E-state index contributed by atoms with van der Waals surface area (Å²) in [6.07, 6.45) is 0. The number of fused-ring (bicyclic) bond motifs is 1. The summed E-state index contributed by atoms with van der Waals surface area (Å²) in [6.45, 7) is 7.26. The van der Waals surface area contributed by atoms with Gasteiger partial charge in [-0.2, -0.15) is 0 Å². The van der Waals surface area contributed by atoms with Gasteiger partial charge in [0.25, 0.3) is 0 Å². The predicted octanol–water partition coefficient (Wildman–Crippen LogP) is 4.32. The minimum absolute atomic E-state index is 0.112. The maximum absolute atomic E-state index is 12.6. The lowest BCUT2D eigenvalue weighted by Crippen LogP contribution is -2.21. The molecule has 2 aromatic carbocycles. The molecule has 142 valence electrons. The van der Waals surface area contributed by atoms with E-state index in [4.69, 9.17) is 13.9 Å². The highest BCUT2D eigenvalue weighted by atomic mass is 16.5. The monoisotopic (exact) mass is 367 g/mol. The molecule has 1 heterocycles. The van der Waals surface area contributed by atoms with E-state index in [9.17, 15) is 4.79 Å². The van der Waals surface area contributed by atoms with Gasteiger partial charge in [-0.3, -0.25) is 9.69 Å². The predicted molar refractivity (Wildman–Crippen MR) is 108 cm³/mol. The van der Waals surface area contributed by atoms with Crippen LogP contribution in [0.1, 0.15) is 19.4 Å². The summed E-state index contributed by atoms with van der Waals surface area (Å²) in [5, 5.41) is 0.467. The van der Waals surface area contributed by atoms with Gasteiger partial charge in [0.15, 0.2) is 16.9 Å². The lowest BCUT2D eigenvalue weighted by molar-refractivity contribution is 0.296. The van der Waals surface area contributed by atoms with Crippen LogP contribution in [0.5, 0.6) is 11.5 Å². The Morgan fingerprint density at radius 1 is 0.926 bits per heavy atom. The first-order chi connectivity index (χ1) is 13.1. The second-order valence-electron chi connectivity index (χ2n) is 6.34. The summed E-state index contributed by atoms with van der Waals surface area (Å²) in [5.74, 6) is 1.57. The number of benzene rings is 2. The van der Waals surface area contributed by atoms with Gasteiger partial charge in [0.05, 0.1) is 19.6 Å². The van der Waals surface area contributed by atoms with Gasteiger partial charge in [-0.05, 0) is 24.7 Å². The average Bonchev–Trinajstić information content (AvgIpc) is 2.71.